The van der Waals surface area contributed by atoms with Crippen molar-refractivity contribution in [3.8, 4) is 0 Å². The fraction of sp³-hybridized carbons (Fsp3) is 0.238. The van der Waals surface area contributed by atoms with Crippen LogP contribution in [0.15, 0.2) is 27.4 Å². The number of benzene rings is 1. The summed E-state index contributed by atoms with van der Waals surface area (Å²) in [5.41, 5.74) is 2.15. The van der Waals surface area contributed by atoms with Gasteiger partial charge in [0.2, 0.25) is 0 Å². The maximum absolute atomic E-state index is 12.8. The number of amides is 1. The Kier molecular flexibility index (Phi) is 5.39. The first-order valence-electron chi connectivity index (χ1n) is 8.73. The molecule has 8 heteroatoms. The molecule has 2 heterocycles. The van der Waals surface area contributed by atoms with E-state index in [1.54, 1.807) is 19.9 Å². The van der Waals surface area contributed by atoms with Gasteiger partial charge in [0.25, 0.3) is 5.91 Å². The van der Waals surface area contributed by atoms with Crippen LogP contribution in [0.5, 0.6) is 0 Å². The Hall–Kier alpha value is -3.26. The molecule has 3 aromatic rings. The maximum Gasteiger partial charge on any atom is 0.341 e. The highest BCUT2D eigenvalue weighted by atomic mass is 32.1. The Bertz CT molecular complexity index is 1230. The molecular formula is C21H19NO6S. The van der Waals surface area contributed by atoms with Crippen LogP contribution < -0.4 is 10.7 Å². The van der Waals surface area contributed by atoms with Crippen LogP contribution in [-0.4, -0.2) is 24.8 Å². The predicted octanol–water partition coefficient (Wildman–Crippen LogP) is 4.02. The zero-order chi connectivity index (χ0) is 21.5. The highest BCUT2D eigenvalue weighted by molar-refractivity contribution is 7.18. The molecule has 3 rings (SSSR count). The van der Waals surface area contributed by atoms with Crippen LogP contribution in [-0.2, 0) is 4.74 Å². The van der Waals surface area contributed by atoms with Gasteiger partial charge in [-0.15, -0.1) is 11.3 Å². The average Bonchev–Trinajstić information content (AvgIpc) is 2.98. The van der Waals surface area contributed by atoms with Crippen molar-refractivity contribution < 1.29 is 23.5 Å². The Morgan fingerprint density at radius 2 is 1.79 bits per heavy atom. The number of anilines is 1. The summed E-state index contributed by atoms with van der Waals surface area (Å²) in [5, 5.41) is 3.12. The van der Waals surface area contributed by atoms with Gasteiger partial charge in [-0.25, -0.2) is 4.79 Å². The Morgan fingerprint density at radius 3 is 2.41 bits per heavy atom. The number of fused-ring (bicyclic) bond motifs is 1. The molecule has 2 aromatic heterocycles. The van der Waals surface area contributed by atoms with E-state index < -0.39 is 11.9 Å². The van der Waals surface area contributed by atoms with Crippen molar-refractivity contribution in [2.24, 2.45) is 0 Å². The maximum atomic E-state index is 12.8. The number of hydrogen-bond donors (Lipinski definition) is 1. The standard InChI is InChI=1S/C21H19NO6S/c1-9-6-10(2)17-13(7-9)14(24)8-15(28-17)19(25)22-20-16(21(26)27-5)11(3)18(29-20)12(4)23/h6-8H,1-5H3,(H,22,25). The van der Waals surface area contributed by atoms with Crippen molar-refractivity contribution >= 4 is 45.0 Å². The summed E-state index contributed by atoms with van der Waals surface area (Å²) in [6.45, 7) is 6.64. The molecule has 7 nitrogen and oxygen atoms in total. The van der Waals surface area contributed by atoms with Crippen LogP contribution in [0.3, 0.4) is 0 Å². The van der Waals surface area contributed by atoms with Crippen LogP contribution >= 0.6 is 11.3 Å². The van der Waals surface area contributed by atoms with Gasteiger partial charge in [-0.1, -0.05) is 6.07 Å². The van der Waals surface area contributed by atoms with Gasteiger partial charge in [0, 0.05) is 6.07 Å². The summed E-state index contributed by atoms with van der Waals surface area (Å²) >= 11 is 0.972. The summed E-state index contributed by atoms with van der Waals surface area (Å²) in [6, 6.07) is 4.66. The second kappa shape index (κ2) is 7.63. The number of thiophene rings is 1. The molecule has 0 spiro atoms. The van der Waals surface area contributed by atoms with Crippen molar-refractivity contribution in [3.63, 3.8) is 0 Å². The van der Waals surface area contributed by atoms with E-state index in [4.69, 9.17) is 9.15 Å². The molecule has 0 unspecified atom stereocenters. The fourth-order valence-electron chi connectivity index (χ4n) is 3.17. The number of hydrogen-bond acceptors (Lipinski definition) is 7. The van der Waals surface area contributed by atoms with E-state index in [0.29, 0.717) is 21.4 Å². The third-order valence-electron chi connectivity index (χ3n) is 4.47. The predicted molar refractivity (Wildman–Crippen MR) is 110 cm³/mol. The molecule has 0 saturated heterocycles. The molecule has 0 fully saturated rings. The van der Waals surface area contributed by atoms with E-state index in [1.807, 2.05) is 13.0 Å². The number of aryl methyl sites for hydroxylation is 2. The lowest BCUT2D eigenvalue weighted by atomic mass is 10.1. The minimum atomic E-state index is -0.703. The van der Waals surface area contributed by atoms with E-state index in [9.17, 15) is 19.2 Å². The highest BCUT2D eigenvalue weighted by Gasteiger charge is 2.26. The summed E-state index contributed by atoms with van der Waals surface area (Å²) < 4.78 is 10.5. The van der Waals surface area contributed by atoms with Crippen molar-refractivity contribution in [2.75, 3.05) is 12.4 Å². The number of nitrogens with one attached hydrogen (secondary N) is 1. The van der Waals surface area contributed by atoms with Gasteiger partial charge in [0.05, 0.1) is 22.9 Å². The van der Waals surface area contributed by atoms with Gasteiger partial charge in [-0.05, 0) is 50.5 Å². The zero-order valence-corrected chi connectivity index (χ0v) is 17.4. The first kappa shape index (κ1) is 20.5. The lowest BCUT2D eigenvalue weighted by Crippen LogP contribution is -2.16. The van der Waals surface area contributed by atoms with Crippen LogP contribution in [0.25, 0.3) is 11.0 Å². The SMILES string of the molecule is COC(=O)c1c(NC(=O)c2cc(=O)c3cc(C)cc(C)c3o2)sc(C(C)=O)c1C. The molecule has 1 N–H and O–H groups in total. The minimum Gasteiger partial charge on any atom is -0.465 e. The third kappa shape index (κ3) is 3.71. The fourth-order valence-corrected chi connectivity index (χ4v) is 4.26. The number of esters is 1. The van der Waals surface area contributed by atoms with Crippen LogP contribution in [0.4, 0.5) is 5.00 Å². The normalized spacial score (nSPS) is 10.8. The van der Waals surface area contributed by atoms with E-state index in [1.165, 1.54) is 14.0 Å². The monoisotopic (exact) mass is 413 g/mol. The van der Waals surface area contributed by atoms with Crippen LogP contribution in [0.1, 0.15) is 54.2 Å². The molecule has 0 aliphatic rings. The summed E-state index contributed by atoms with van der Waals surface area (Å²) in [4.78, 5) is 49.6. The van der Waals surface area contributed by atoms with Crippen LogP contribution in [0.2, 0.25) is 0 Å². The molecule has 0 bridgehead atoms. The van der Waals surface area contributed by atoms with Crippen LogP contribution in [0, 0.1) is 20.8 Å². The Morgan fingerprint density at radius 1 is 1.10 bits per heavy atom. The number of carbonyl (C=O) groups is 3. The summed E-state index contributed by atoms with van der Waals surface area (Å²) in [6.07, 6.45) is 0. The first-order valence-corrected chi connectivity index (χ1v) is 9.54. The first-order chi connectivity index (χ1) is 13.6. The number of carbonyl (C=O) groups excluding carboxylic acids is 3. The second-order valence-corrected chi connectivity index (χ2v) is 7.72. The number of rotatable bonds is 4. The van der Waals surface area contributed by atoms with E-state index in [2.05, 4.69) is 5.32 Å². The largest absolute Gasteiger partial charge is 0.465 e. The lowest BCUT2D eigenvalue weighted by Gasteiger charge is -2.08. The topological polar surface area (TPSA) is 103 Å². The number of methoxy groups -OCH3 is 1. The van der Waals surface area contributed by atoms with Crippen molar-refractivity contribution in [3.05, 3.63) is 61.3 Å². The van der Waals surface area contributed by atoms with E-state index in [0.717, 1.165) is 28.5 Å². The molecule has 29 heavy (non-hydrogen) atoms. The molecule has 150 valence electrons. The Labute approximate surface area is 170 Å². The third-order valence-corrected chi connectivity index (χ3v) is 5.77. The van der Waals surface area contributed by atoms with Crippen molar-refractivity contribution in [2.45, 2.75) is 27.7 Å². The quantitative estimate of drug-likeness (QED) is 0.512. The molecule has 0 atom stereocenters. The van der Waals surface area contributed by atoms with Gasteiger partial charge in [0.15, 0.2) is 17.0 Å². The highest BCUT2D eigenvalue weighted by Crippen LogP contribution is 2.34. The number of ether oxygens (including phenoxy) is 1. The molecule has 0 aliphatic heterocycles. The Balaban J connectivity index is 2.07. The number of ketones is 1. The van der Waals surface area contributed by atoms with Crippen molar-refractivity contribution in [1.82, 2.24) is 0 Å². The van der Waals surface area contributed by atoms with Gasteiger partial charge in [-0.2, -0.15) is 0 Å². The smallest absolute Gasteiger partial charge is 0.341 e. The second-order valence-electron chi connectivity index (χ2n) is 6.70. The molecule has 0 aliphatic carbocycles. The van der Waals surface area contributed by atoms with E-state index >= 15 is 0 Å². The average molecular weight is 413 g/mol. The zero-order valence-electron chi connectivity index (χ0n) is 16.6. The molecule has 0 saturated carbocycles. The van der Waals surface area contributed by atoms with E-state index in [-0.39, 0.29) is 27.5 Å². The van der Waals surface area contributed by atoms with Gasteiger partial charge >= 0.3 is 5.97 Å². The van der Waals surface area contributed by atoms with Crippen molar-refractivity contribution in [1.29, 1.82) is 0 Å². The molecule has 0 radical (unpaired) electrons. The minimum absolute atomic E-state index is 0.103. The van der Waals surface area contributed by atoms with Gasteiger partial charge in [0.1, 0.15) is 10.6 Å². The number of Topliss-reactive ketones (excluding diaryl/α,β-unsaturated/α-hetero) is 1. The molecular weight excluding hydrogens is 394 g/mol. The molecule has 1 aromatic carbocycles. The van der Waals surface area contributed by atoms with Gasteiger partial charge < -0.3 is 14.5 Å². The lowest BCUT2D eigenvalue weighted by molar-refractivity contribution is 0.0601. The summed E-state index contributed by atoms with van der Waals surface area (Å²) in [7, 11) is 1.21. The summed E-state index contributed by atoms with van der Waals surface area (Å²) in [5.74, 6) is -1.81. The molecule has 1 amide bonds. The van der Waals surface area contributed by atoms with Gasteiger partial charge in [-0.3, -0.25) is 14.4 Å².